The van der Waals surface area contributed by atoms with Gasteiger partial charge in [-0.25, -0.2) is 13.4 Å². The fourth-order valence-corrected chi connectivity index (χ4v) is 3.33. The van der Waals surface area contributed by atoms with Crippen molar-refractivity contribution in [1.82, 2.24) is 14.8 Å². The predicted molar refractivity (Wildman–Crippen MR) is 85.2 cm³/mol. The summed E-state index contributed by atoms with van der Waals surface area (Å²) in [7, 11) is -1.82. The van der Waals surface area contributed by atoms with E-state index in [1.807, 2.05) is 13.8 Å². The molecule has 0 radical (unpaired) electrons. The van der Waals surface area contributed by atoms with Crippen molar-refractivity contribution in [3.05, 3.63) is 47.8 Å². The molecule has 1 aromatic carbocycles. The van der Waals surface area contributed by atoms with Crippen molar-refractivity contribution in [2.75, 3.05) is 4.72 Å². The second-order valence-corrected chi connectivity index (χ2v) is 6.91. The van der Waals surface area contributed by atoms with E-state index in [9.17, 15) is 8.42 Å². The zero-order chi connectivity index (χ0) is 15.9. The number of pyridine rings is 1. The van der Waals surface area contributed by atoms with Crippen LogP contribution >= 0.6 is 0 Å². The molecule has 6 nitrogen and oxygen atoms in total. The van der Waals surface area contributed by atoms with Crippen LogP contribution in [0.2, 0.25) is 0 Å². The molecule has 2 heterocycles. The van der Waals surface area contributed by atoms with Gasteiger partial charge in [-0.1, -0.05) is 17.7 Å². The van der Waals surface area contributed by atoms with Gasteiger partial charge in [0, 0.05) is 12.4 Å². The molecular weight excluding hydrogens is 300 g/mol. The first-order valence-corrected chi connectivity index (χ1v) is 8.24. The van der Waals surface area contributed by atoms with E-state index in [0.29, 0.717) is 5.69 Å². The Labute approximate surface area is 128 Å². The predicted octanol–water partition coefficient (Wildman–Crippen LogP) is 2.39. The van der Waals surface area contributed by atoms with Gasteiger partial charge in [0.2, 0.25) is 0 Å². The third kappa shape index (κ3) is 2.55. The number of sulfonamides is 1. The van der Waals surface area contributed by atoms with Crippen LogP contribution in [0.1, 0.15) is 11.3 Å². The maximum absolute atomic E-state index is 12.4. The van der Waals surface area contributed by atoms with Crippen LogP contribution in [0, 0.1) is 13.8 Å². The van der Waals surface area contributed by atoms with Crippen LogP contribution in [0.25, 0.3) is 11.0 Å². The Hall–Kier alpha value is -2.41. The quantitative estimate of drug-likeness (QED) is 0.805. The second kappa shape index (κ2) is 5.10. The molecule has 0 unspecified atom stereocenters. The summed E-state index contributed by atoms with van der Waals surface area (Å²) < 4.78 is 29.0. The zero-order valence-electron chi connectivity index (χ0n) is 12.5. The summed E-state index contributed by atoms with van der Waals surface area (Å²) in [5, 5.41) is 5.10. The van der Waals surface area contributed by atoms with Crippen LogP contribution < -0.4 is 4.72 Å². The van der Waals surface area contributed by atoms with E-state index in [4.69, 9.17) is 0 Å². The van der Waals surface area contributed by atoms with Crippen LogP contribution in [-0.2, 0) is 17.1 Å². The normalized spacial score (nSPS) is 11.8. The lowest BCUT2D eigenvalue weighted by Crippen LogP contribution is -2.13. The molecule has 0 spiro atoms. The molecule has 1 N–H and O–H groups in total. The summed E-state index contributed by atoms with van der Waals surface area (Å²) in [6.07, 6.45) is 1.50. The Morgan fingerprint density at radius 2 is 1.82 bits per heavy atom. The lowest BCUT2D eigenvalue weighted by atomic mass is 10.2. The molecule has 3 aromatic rings. The molecule has 114 valence electrons. The Morgan fingerprint density at radius 1 is 1.14 bits per heavy atom. The van der Waals surface area contributed by atoms with Crippen LogP contribution in [0.4, 0.5) is 5.69 Å². The molecule has 2 aromatic heterocycles. The number of hydrogen-bond acceptors (Lipinski definition) is 4. The maximum Gasteiger partial charge on any atom is 0.261 e. The first-order valence-electron chi connectivity index (χ1n) is 6.76. The molecule has 0 aliphatic rings. The largest absolute Gasteiger partial charge is 0.278 e. The van der Waals surface area contributed by atoms with Crippen molar-refractivity contribution in [2.45, 2.75) is 18.7 Å². The molecule has 0 bridgehead atoms. The molecule has 3 rings (SSSR count). The second-order valence-electron chi connectivity index (χ2n) is 5.22. The van der Waals surface area contributed by atoms with E-state index in [1.54, 1.807) is 42.1 Å². The van der Waals surface area contributed by atoms with Gasteiger partial charge in [0.25, 0.3) is 10.0 Å². The summed E-state index contributed by atoms with van der Waals surface area (Å²) >= 11 is 0. The molecule has 0 saturated heterocycles. The van der Waals surface area contributed by atoms with E-state index >= 15 is 0 Å². The lowest BCUT2D eigenvalue weighted by molar-refractivity contribution is 0.601. The Morgan fingerprint density at radius 3 is 2.50 bits per heavy atom. The minimum atomic E-state index is -3.62. The van der Waals surface area contributed by atoms with Gasteiger partial charge >= 0.3 is 0 Å². The van der Waals surface area contributed by atoms with Crippen LogP contribution in [0.3, 0.4) is 0 Å². The van der Waals surface area contributed by atoms with Crippen LogP contribution in [0.5, 0.6) is 0 Å². The summed E-state index contributed by atoms with van der Waals surface area (Å²) in [5.74, 6) is 0. The highest BCUT2D eigenvalue weighted by Gasteiger charge is 2.15. The summed E-state index contributed by atoms with van der Waals surface area (Å²) in [6.45, 7) is 3.77. The SMILES string of the molecule is Cc1ccc(S(=O)(=O)Nc2cnc3c(c2)c(C)nn3C)cc1. The number of fused-ring (bicyclic) bond motifs is 1. The molecule has 7 heteroatoms. The summed E-state index contributed by atoms with van der Waals surface area (Å²) in [6, 6.07) is 8.44. The molecule has 0 aliphatic heterocycles. The molecule has 0 saturated carbocycles. The first-order chi connectivity index (χ1) is 10.4. The molecule has 0 atom stereocenters. The van der Waals surface area contributed by atoms with Gasteiger partial charge in [-0.05, 0) is 32.0 Å². The molecule has 22 heavy (non-hydrogen) atoms. The van der Waals surface area contributed by atoms with Crippen molar-refractivity contribution < 1.29 is 8.42 Å². The number of anilines is 1. The maximum atomic E-state index is 12.4. The Kier molecular flexibility index (Phi) is 3.37. The van der Waals surface area contributed by atoms with Gasteiger partial charge < -0.3 is 0 Å². The molecule has 0 amide bonds. The smallest absolute Gasteiger partial charge is 0.261 e. The minimum Gasteiger partial charge on any atom is -0.278 e. The summed E-state index contributed by atoms with van der Waals surface area (Å²) in [4.78, 5) is 4.49. The fourth-order valence-electron chi connectivity index (χ4n) is 2.30. The van der Waals surface area contributed by atoms with Crippen LogP contribution in [-0.4, -0.2) is 23.2 Å². The third-order valence-corrected chi connectivity index (χ3v) is 4.84. The van der Waals surface area contributed by atoms with E-state index in [2.05, 4.69) is 14.8 Å². The zero-order valence-corrected chi connectivity index (χ0v) is 13.3. The number of aryl methyl sites for hydroxylation is 3. The summed E-state index contributed by atoms with van der Waals surface area (Å²) in [5.41, 5.74) is 2.95. The molecular formula is C15H16N4O2S. The number of aromatic nitrogens is 3. The first kappa shape index (κ1) is 14.5. The highest BCUT2D eigenvalue weighted by Crippen LogP contribution is 2.21. The topological polar surface area (TPSA) is 76.9 Å². The molecule has 0 fully saturated rings. The Balaban J connectivity index is 1.98. The van der Waals surface area contributed by atoms with Gasteiger partial charge in [0.05, 0.1) is 22.5 Å². The van der Waals surface area contributed by atoms with E-state index in [-0.39, 0.29) is 4.90 Å². The van der Waals surface area contributed by atoms with Crippen molar-refractivity contribution in [2.24, 2.45) is 7.05 Å². The number of hydrogen-bond donors (Lipinski definition) is 1. The van der Waals surface area contributed by atoms with E-state index < -0.39 is 10.0 Å². The van der Waals surface area contributed by atoms with Gasteiger partial charge in [0.15, 0.2) is 5.65 Å². The van der Waals surface area contributed by atoms with Crippen molar-refractivity contribution in [3.8, 4) is 0 Å². The van der Waals surface area contributed by atoms with Crippen molar-refractivity contribution in [1.29, 1.82) is 0 Å². The van der Waals surface area contributed by atoms with Crippen LogP contribution in [0.15, 0.2) is 41.4 Å². The monoisotopic (exact) mass is 316 g/mol. The highest BCUT2D eigenvalue weighted by molar-refractivity contribution is 7.92. The Bertz CT molecular complexity index is 944. The lowest BCUT2D eigenvalue weighted by Gasteiger charge is -2.08. The van der Waals surface area contributed by atoms with Gasteiger partial charge in [-0.3, -0.25) is 9.40 Å². The number of nitrogens with one attached hydrogen (secondary N) is 1. The minimum absolute atomic E-state index is 0.223. The molecule has 0 aliphatic carbocycles. The highest BCUT2D eigenvalue weighted by atomic mass is 32.2. The van der Waals surface area contributed by atoms with Crippen molar-refractivity contribution >= 4 is 26.7 Å². The number of nitrogens with zero attached hydrogens (tertiary/aromatic N) is 3. The van der Waals surface area contributed by atoms with Crippen molar-refractivity contribution in [3.63, 3.8) is 0 Å². The third-order valence-electron chi connectivity index (χ3n) is 3.45. The average molecular weight is 316 g/mol. The number of benzene rings is 1. The average Bonchev–Trinajstić information content (AvgIpc) is 2.74. The van der Waals surface area contributed by atoms with Gasteiger partial charge in [-0.2, -0.15) is 5.10 Å². The van der Waals surface area contributed by atoms with E-state index in [1.165, 1.54) is 6.20 Å². The van der Waals surface area contributed by atoms with Gasteiger partial charge in [0.1, 0.15) is 0 Å². The standard InChI is InChI=1S/C15H16N4O2S/c1-10-4-6-13(7-5-10)22(20,21)18-12-8-14-11(2)17-19(3)15(14)16-9-12/h4-9,18H,1-3H3. The number of rotatable bonds is 3. The van der Waals surface area contributed by atoms with Gasteiger partial charge in [-0.15, -0.1) is 0 Å². The van der Waals surface area contributed by atoms with E-state index in [0.717, 1.165) is 22.3 Å². The fraction of sp³-hybridized carbons (Fsp3) is 0.200.